The number of unbranched alkanes of at least 4 members (excludes halogenated alkanes) is 23. The number of esters is 2. The Labute approximate surface area is 409 Å². The molecule has 0 heterocycles. The van der Waals surface area contributed by atoms with E-state index in [0.717, 1.165) is 103 Å². The van der Waals surface area contributed by atoms with Crippen molar-refractivity contribution in [2.24, 2.45) is 0 Å². The van der Waals surface area contributed by atoms with Crippen molar-refractivity contribution in [3.63, 3.8) is 0 Å². The lowest BCUT2D eigenvalue weighted by Gasteiger charge is -2.18. The van der Waals surface area contributed by atoms with E-state index in [2.05, 4.69) is 118 Å². The summed E-state index contributed by atoms with van der Waals surface area (Å²) < 4.78 is 17.4. The van der Waals surface area contributed by atoms with Gasteiger partial charge in [0, 0.05) is 19.4 Å². The predicted molar refractivity (Wildman–Crippen MR) is 288 cm³/mol. The molecule has 66 heavy (non-hydrogen) atoms. The Kier molecular flexibility index (Phi) is 53.4. The van der Waals surface area contributed by atoms with Crippen LogP contribution in [0.2, 0.25) is 0 Å². The standard InChI is InChI=1S/C61H104O5/c1-4-7-10-13-16-19-22-25-28-31-33-36-39-42-45-48-51-54-60(62)65-58-59(57-64-56-53-50-47-44-41-38-35-30-27-24-21-18-15-12-9-6-3)66-61(63)55-52-49-46-43-40-37-34-32-29-26-23-20-17-14-11-8-5-2/h7,10,16-17,19-20,25-26,28-29,33-34,36-37,43,46,59H,4-6,8-9,11-15,18,21-24,27,30-32,35,38-42,44-45,47-58H2,1-3H3/b10-7-,19-16-,20-17-,28-25-,29-26-,36-33-,37-34-,46-43-/t59-/m1/s1. The lowest BCUT2D eigenvalue weighted by molar-refractivity contribution is -0.162. The van der Waals surface area contributed by atoms with E-state index in [0.29, 0.717) is 19.4 Å². The molecule has 0 aromatic heterocycles. The van der Waals surface area contributed by atoms with Crippen LogP contribution in [0.4, 0.5) is 0 Å². The van der Waals surface area contributed by atoms with E-state index >= 15 is 0 Å². The molecule has 0 unspecified atom stereocenters. The highest BCUT2D eigenvalue weighted by Gasteiger charge is 2.17. The van der Waals surface area contributed by atoms with E-state index in [1.807, 2.05) is 0 Å². The van der Waals surface area contributed by atoms with Crippen molar-refractivity contribution < 1.29 is 23.8 Å². The van der Waals surface area contributed by atoms with Crippen LogP contribution in [-0.4, -0.2) is 37.9 Å². The lowest BCUT2D eigenvalue weighted by Crippen LogP contribution is -2.30. The highest BCUT2D eigenvalue weighted by molar-refractivity contribution is 5.70. The molecular weight excluding hydrogens is 813 g/mol. The smallest absolute Gasteiger partial charge is 0.306 e. The zero-order valence-electron chi connectivity index (χ0n) is 43.4. The summed E-state index contributed by atoms with van der Waals surface area (Å²) in [4.78, 5) is 25.5. The molecule has 0 aromatic carbocycles. The van der Waals surface area contributed by atoms with Gasteiger partial charge in [-0.1, -0.05) is 240 Å². The topological polar surface area (TPSA) is 61.8 Å². The maximum atomic E-state index is 12.8. The monoisotopic (exact) mass is 917 g/mol. The van der Waals surface area contributed by atoms with Gasteiger partial charge in [-0.05, 0) is 96.3 Å². The minimum Gasteiger partial charge on any atom is -0.462 e. The third-order valence-electron chi connectivity index (χ3n) is 11.6. The zero-order chi connectivity index (χ0) is 47.7. The minimum absolute atomic E-state index is 0.0482. The Morgan fingerprint density at radius 3 is 1.17 bits per heavy atom. The van der Waals surface area contributed by atoms with E-state index in [1.165, 1.54) is 116 Å². The first-order valence-corrected chi connectivity index (χ1v) is 27.8. The summed E-state index contributed by atoms with van der Waals surface area (Å²) in [6, 6.07) is 0. The summed E-state index contributed by atoms with van der Waals surface area (Å²) in [6.07, 6.45) is 75.7. The van der Waals surface area contributed by atoms with Crippen molar-refractivity contribution in [1.29, 1.82) is 0 Å². The van der Waals surface area contributed by atoms with Gasteiger partial charge < -0.3 is 14.2 Å². The predicted octanol–water partition coefficient (Wildman–Crippen LogP) is 19.0. The molecule has 0 bridgehead atoms. The molecule has 5 nitrogen and oxygen atoms in total. The molecule has 0 aliphatic carbocycles. The number of rotatable bonds is 50. The molecule has 1 atom stereocenters. The van der Waals surface area contributed by atoms with E-state index in [4.69, 9.17) is 14.2 Å². The zero-order valence-corrected chi connectivity index (χ0v) is 43.4. The van der Waals surface area contributed by atoms with E-state index in [9.17, 15) is 9.59 Å². The van der Waals surface area contributed by atoms with Gasteiger partial charge in [0.05, 0.1) is 6.61 Å². The van der Waals surface area contributed by atoms with Gasteiger partial charge in [0.25, 0.3) is 0 Å². The Balaban J connectivity index is 4.41. The fraction of sp³-hybridized carbons (Fsp3) is 0.705. The molecule has 0 spiro atoms. The summed E-state index contributed by atoms with van der Waals surface area (Å²) in [5.74, 6) is -0.487. The van der Waals surface area contributed by atoms with Crippen LogP contribution in [-0.2, 0) is 23.8 Å². The molecule has 0 fully saturated rings. The van der Waals surface area contributed by atoms with Crippen LogP contribution in [0.25, 0.3) is 0 Å². The van der Waals surface area contributed by atoms with Crippen LogP contribution < -0.4 is 0 Å². The van der Waals surface area contributed by atoms with Crippen molar-refractivity contribution in [2.45, 2.75) is 258 Å². The van der Waals surface area contributed by atoms with Crippen molar-refractivity contribution >= 4 is 11.9 Å². The summed E-state index contributed by atoms with van der Waals surface area (Å²) in [5, 5.41) is 0. The molecular formula is C61H104O5. The van der Waals surface area contributed by atoms with Gasteiger partial charge in [0.15, 0.2) is 6.10 Å². The van der Waals surface area contributed by atoms with Gasteiger partial charge >= 0.3 is 11.9 Å². The fourth-order valence-electron chi connectivity index (χ4n) is 7.49. The first-order chi connectivity index (χ1) is 32.6. The van der Waals surface area contributed by atoms with Crippen LogP contribution in [0.3, 0.4) is 0 Å². The highest BCUT2D eigenvalue weighted by atomic mass is 16.6. The molecule has 0 saturated heterocycles. The summed E-state index contributed by atoms with van der Waals surface area (Å²) >= 11 is 0. The number of carbonyl (C=O) groups excluding carboxylic acids is 2. The number of ether oxygens (including phenoxy) is 3. The first-order valence-electron chi connectivity index (χ1n) is 27.8. The molecule has 0 aliphatic heterocycles. The van der Waals surface area contributed by atoms with Crippen molar-refractivity contribution in [3.05, 3.63) is 97.2 Å². The second-order valence-corrected chi connectivity index (χ2v) is 18.1. The van der Waals surface area contributed by atoms with Crippen molar-refractivity contribution in [1.82, 2.24) is 0 Å². The van der Waals surface area contributed by atoms with Crippen molar-refractivity contribution in [3.8, 4) is 0 Å². The number of carbonyl (C=O) groups is 2. The molecule has 0 aliphatic rings. The molecule has 5 heteroatoms. The average Bonchev–Trinajstić information content (AvgIpc) is 3.32. The summed E-state index contributed by atoms with van der Waals surface area (Å²) in [5.41, 5.74) is 0. The molecule has 378 valence electrons. The Morgan fingerprint density at radius 2 is 0.697 bits per heavy atom. The molecule has 0 aromatic rings. The number of hydrogen-bond acceptors (Lipinski definition) is 5. The van der Waals surface area contributed by atoms with Crippen molar-refractivity contribution in [2.75, 3.05) is 19.8 Å². The van der Waals surface area contributed by atoms with Crippen LogP contribution in [0, 0.1) is 0 Å². The maximum absolute atomic E-state index is 12.8. The Bertz CT molecular complexity index is 1270. The van der Waals surface area contributed by atoms with Gasteiger partial charge in [-0.25, -0.2) is 0 Å². The molecule has 0 radical (unpaired) electrons. The molecule has 0 rings (SSSR count). The maximum Gasteiger partial charge on any atom is 0.306 e. The van der Waals surface area contributed by atoms with E-state index < -0.39 is 6.10 Å². The minimum atomic E-state index is -0.579. The lowest BCUT2D eigenvalue weighted by atomic mass is 10.0. The van der Waals surface area contributed by atoms with E-state index in [1.54, 1.807) is 0 Å². The number of allylic oxidation sites excluding steroid dienone is 16. The summed E-state index contributed by atoms with van der Waals surface area (Å²) in [7, 11) is 0. The second kappa shape index (κ2) is 56.1. The van der Waals surface area contributed by atoms with Gasteiger partial charge in [-0.2, -0.15) is 0 Å². The van der Waals surface area contributed by atoms with E-state index in [-0.39, 0.29) is 25.2 Å². The highest BCUT2D eigenvalue weighted by Crippen LogP contribution is 2.15. The van der Waals surface area contributed by atoms with Gasteiger partial charge in [-0.15, -0.1) is 0 Å². The largest absolute Gasteiger partial charge is 0.462 e. The quantitative estimate of drug-likeness (QED) is 0.0346. The third-order valence-corrected chi connectivity index (χ3v) is 11.6. The van der Waals surface area contributed by atoms with Gasteiger partial charge in [-0.3, -0.25) is 9.59 Å². The summed E-state index contributed by atoms with van der Waals surface area (Å²) in [6.45, 7) is 7.62. The molecule has 0 N–H and O–H groups in total. The fourth-order valence-corrected chi connectivity index (χ4v) is 7.49. The van der Waals surface area contributed by atoms with Gasteiger partial charge in [0.1, 0.15) is 6.61 Å². The number of hydrogen-bond donors (Lipinski definition) is 0. The molecule has 0 saturated carbocycles. The SMILES string of the molecule is CC/C=C\C/C=C\C/C=C\C/C=C\CCCCCCC(=O)OC[C@@H](COCCCCCCCCCCCCCCCCCC)OC(=O)CCC/C=C\C/C=C\C/C=C\C/C=C\CCCCC. The van der Waals surface area contributed by atoms with Crippen LogP contribution in [0.1, 0.15) is 252 Å². The molecule has 0 amide bonds. The normalized spacial score (nSPS) is 13.0. The third kappa shape index (κ3) is 53.4. The van der Waals surface area contributed by atoms with Gasteiger partial charge in [0.2, 0.25) is 0 Å². The Hall–Kier alpha value is -3.18. The first kappa shape index (κ1) is 62.8. The second-order valence-electron chi connectivity index (χ2n) is 18.1. The average molecular weight is 917 g/mol. The van der Waals surface area contributed by atoms with Crippen LogP contribution >= 0.6 is 0 Å². The van der Waals surface area contributed by atoms with Crippen LogP contribution in [0.5, 0.6) is 0 Å². The Morgan fingerprint density at radius 1 is 0.348 bits per heavy atom. The van der Waals surface area contributed by atoms with Crippen LogP contribution in [0.15, 0.2) is 97.2 Å².